The summed E-state index contributed by atoms with van der Waals surface area (Å²) in [4.78, 5) is 6.28. The SMILES string of the molecule is Cc1ccc(NC(=S)N(CCCN2CCC(C)CC2)Cc2cccs2)cc1. The molecular weight excluding hydrogens is 370 g/mol. The first-order valence-electron chi connectivity index (χ1n) is 9.97. The van der Waals surface area contributed by atoms with Gasteiger partial charge in [0.1, 0.15) is 0 Å². The second-order valence-electron chi connectivity index (χ2n) is 7.67. The fraction of sp³-hybridized carbons (Fsp3) is 0.500. The Kier molecular flexibility index (Phi) is 7.68. The highest BCUT2D eigenvalue weighted by atomic mass is 32.1. The van der Waals surface area contributed by atoms with Crippen molar-refractivity contribution in [1.29, 1.82) is 0 Å². The number of anilines is 1. The molecule has 0 saturated carbocycles. The van der Waals surface area contributed by atoms with Crippen molar-refractivity contribution in [3.63, 3.8) is 0 Å². The number of hydrogen-bond acceptors (Lipinski definition) is 3. The molecule has 3 rings (SSSR count). The predicted molar refractivity (Wildman–Crippen MR) is 122 cm³/mol. The number of likely N-dealkylation sites (tertiary alicyclic amines) is 1. The summed E-state index contributed by atoms with van der Waals surface area (Å²) in [6, 6.07) is 12.7. The number of piperidine rings is 1. The zero-order chi connectivity index (χ0) is 19.1. The molecule has 0 radical (unpaired) electrons. The zero-order valence-electron chi connectivity index (χ0n) is 16.5. The minimum Gasteiger partial charge on any atom is -0.344 e. The number of hydrogen-bond donors (Lipinski definition) is 1. The van der Waals surface area contributed by atoms with Gasteiger partial charge in [-0.3, -0.25) is 0 Å². The van der Waals surface area contributed by atoms with Gasteiger partial charge in [-0.2, -0.15) is 0 Å². The van der Waals surface area contributed by atoms with Gasteiger partial charge in [0, 0.05) is 17.1 Å². The molecule has 3 nitrogen and oxygen atoms in total. The lowest BCUT2D eigenvalue weighted by atomic mass is 9.99. The molecule has 2 aromatic rings. The number of benzene rings is 1. The smallest absolute Gasteiger partial charge is 0.173 e. The van der Waals surface area contributed by atoms with Crippen LogP contribution in [0.4, 0.5) is 5.69 Å². The highest BCUT2D eigenvalue weighted by Crippen LogP contribution is 2.18. The van der Waals surface area contributed by atoms with Crippen LogP contribution in [-0.4, -0.2) is 41.1 Å². The third-order valence-corrected chi connectivity index (χ3v) is 6.52. The monoisotopic (exact) mass is 401 g/mol. The average Bonchev–Trinajstić information content (AvgIpc) is 3.17. The summed E-state index contributed by atoms with van der Waals surface area (Å²) in [7, 11) is 0. The van der Waals surface area contributed by atoms with E-state index in [1.807, 2.05) is 0 Å². The summed E-state index contributed by atoms with van der Waals surface area (Å²) in [6.45, 7) is 10.0. The summed E-state index contributed by atoms with van der Waals surface area (Å²) in [5.74, 6) is 0.892. The fourth-order valence-electron chi connectivity index (χ4n) is 3.45. The lowest BCUT2D eigenvalue weighted by molar-refractivity contribution is 0.186. The number of aryl methyl sites for hydroxylation is 1. The van der Waals surface area contributed by atoms with E-state index in [2.05, 4.69) is 70.7 Å². The quantitative estimate of drug-likeness (QED) is 0.628. The van der Waals surface area contributed by atoms with E-state index in [4.69, 9.17) is 12.2 Å². The predicted octanol–water partition coefficient (Wildman–Crippen LogP) is 5.38. The number of thiophene rings is 1. The minimum absolute atomic E-state index is 0.819. The van der Waals surface area contributed by atoms with Crippen LogP contribution in [0.25, 0.3) is 0 Å². The molecule has 27 heavy (non-hydrogen) atoms. The van der Waals surface area contributed by atoms with Gasteiger partial charge >= 0.3 is 0 Å². The second-order valence-corrected chi connectivity index (χ2v) is 9.09. The molecule has 1 N–H and O–H groups in total. The van der Waals surface area contributed by atoms with Crippen LogP contribution in [0.1, 0.15) is 36.6 Å². The van der Waals surface area contributed by atoms with E-state index in [1.54, 1.807) is 11.3 Å². The van der Waals surface area contributed by atoms with E-state index in [0.29, 0.717) is 0 Å². The Hall–Kier alpha value is -1.43. The normalized spacial score (nSPS) is 15.6. The fourth-order valence-corrected chi connectivity index (χ4v) is 4.45. The molecule has 0 amide bonds. The van der Waals surface area contributed by atoms with Crippen LogP contribution >= 0.6 is 23.6 Å². The van der Waals surface area contributed by atoms with E-state index in [1.165, 1.54) is 42.9 Å². The molecule has 146 valence electrons. The average molecular weight is 402 g/mol. The van der Waals surface area contributed by atoms with Gasteiger partial charge in [-0.1, -0.05) is 30.7 Å². The van der Waals surface area contributed by atoms with Crippen molar-refractivity contribution in [3.8, 4) is 0 Å². The van der Waals surface area contributed by atoms with Crippen LogP contribution in [0, 0.1) is 12.8 Å². The molecule has 0 aliphatic carbocycles. The topological polar surface area (TPSA) is 18.5 Å². The molecule has 1 saturated heterocycles. The molecular formula is C22H31N3S2. The van der Waals surface area contributed by atoms with Gasteiger partial charge in [-0.05, 0) is 87.5 Å². The summed E-state index contributed by atoms with van der Waals surface area (Å²) < 4.78 is 0. The van der Waals surface area contributed by atoms with Gasteiger partial charge in [0.15, 0.2) is 5.11 Å². The van der Waals surface area contributed by atoms with Crippen LogP contribution < -0.4 is 5.32 Å². The Morgan fingerprint density at radius 2 is 1.96 bits per heavy atom. The molecule has 0 bridgehead atoms. The van der Waals surface area contributed by atoms with Crippen LogP contribution in [0.3, 0.4) is 0 Å². The van der Waals surface area contributed by atoms with Gasteiger partial charge < -0.3 is 15.1 Å². The first kappa shape index (κ1) is 20.3. The highest BCUT2D eigenvalue weighted by molar-refractivity contribution is 7.80. The number of rotatable bonds is 7. The van der Waals surface area contributed by atoms with Crippen LogP contribution in [0.5, 0.6) is 0 Å². The van der Waals surface area contributed by atoms with Gasteiger partial charge in [-0.15, -0.1) is 11.3 Å². The summed E-state index contributed by atoms with van der Waals surface area (Å²) >= 11 is 7.55. The van der Waals surface area contributed by atoms with Crippen molar-refractivity contribution in [2.24, 2.45) is 5.92 Å². The van der Waals surface area contributed by atoms with Crippen molar-refractivity contribution in [1.82, 2.24) is 9.80 Å². The van der Waals surface area contributed by atoms with E-state index < -0.39 is 0 Å². The van der Waals surface area contributed by atoms with E-state index in [9.17, 15) is 0 Å². The molecule has 1 aromatic carbocycles. The third kappa shape index (κ3) is 6.59. The molecule has 2 heterocycles. The zero-order valence-corrected chi connectivity index (χ0v) is 18.1. The largest absolute Gasteiger partial charge is 0.344 e. The van der Waals surface area contributed by atoms with Crippen LogP contribution in [-0.2, 0) is 6.54 Å². The first-order chi connectivity index (χ1) is 13.1. The summed E-state index contributed by atoms with van der Waals surface area (Å²) in [5.41, 5.74) is 2.32. The lowest BCUT2D eigenvalue weighted by Gasteiger charge is -2.31. The van der Waals surface area contributed by atoms with Crippen molar-refractivity contribution in [2.45, 2.75) is 39.7 Å². The Morgan fingerprint density at radius 1 is 1.22 bits per heavy atom. The lowest BCUT2D eigenvalue weighted by Crippen LogP contribution is -2.38. The van der Waals surface area contributed by atoms with Crippen LogP contribution in [0.15, 0.2) is 41.8 Å². The van der Waals surface area contributed by atoms with Crippen molar-refractivity contribution >= 4 is 34.4 Å². The maximum absolute atomic E-state index is 5.75. The number of nitrogens with zero attached hydrogens (tertiary/aromatic N) is 2. The van der Waals surface area contributed by atoms with E-state index >= 15 is 0 Å². The molecule has 1 fully saturated rings. The molecule has 5 heteroatoms. The minimum atomic E-state index is 0.819. The van der Waals surface area contributed by atoms with Crippen molar-refractivity contribution in [3.05, 3.63) is 52.2 Å². The Labute approximate surface area is 173 Å². The summed E-state index contributed by atoms with van der Waals surface area (Å²) in [5, 5.41) is 6.38. The van der Waals surface area contributed by atoms with Gasteiger partial charge in [-0.25, -0.2) is 0 Å². The number of thiocarbonyl (C=S) groups is 1. The molecule has 0 unspecified atom stereocenters. The maximum Gasteiger partial charge on any atom is 0.173 e. The standard InChI is InChI=1S/C22H31N3S2/c1-18-6-8-20(9-7-18)23-22(26)25(17-21-5-3-16-27-21)13-4-12-24-14-10-19(2)11-15-24/h3,5-9,16,19H,4,10-15,17H2,1-2H3,(H,23,26). The molecule has 1 aromatic heterocycles. The first-order valence-corrected chi connectivity index (χ1v) is 11.3. The Balaban J connectivity index is 1.54. The van der Waals surface area contributed by atoms with Crippen LogP contribution in [0.2, 0.25) is 0 Å². The Morgan fingerprint density at radius 3 is 2.63 bits per heavy atom. The summed E-state index contributed by atoms with van der Waals surface area (Å²) in [6.07, 6.45) is 3.83. The third-order valence-electron chi connectivity index (χ3n) is 5.30. The van der Waals surface area contributed by atoms with E-state index in [-0.39, 0.29) is 0 Å². The number of nitrogens with one attached hydrogen (secondary N) is 1. The molecule has 1 aliphatic rings. The van der Waals surface area contributed by atoms with Crippen molar-refractivity contribution < 1.29 is 0 Å². The Bertz CT molecular complexity index is 689. The molecule has 0 atom stereocenters. The highest BCUT2D eigenvalue weighted by Gasteiger charge is 2.16. The molecule has 1 aliphatic heterocycles. The van der Waals surface area contributed by atoms with Crippen molar-refractivity contribution in [2.75, 3.05) is 31.5 Å². The van der Waals surface area contributed by atoms with Gasteiger partial charge in [0.05, 0.1) is 6.54 Å². The van der Waals surface area contributed by atoms with Gasteiger partial charge in [0.25, 0.3) is 0 Å². The molecule has 0 spiro atoms. The second kappa shape index (κ2) is 10.2. The van der Waals surface area contributed by atoms with Gasteiger partial charge in [0.2, 0.25) is 0 Å². The van der Waals surface area contributed by atoms with E-state index in [0.717, 1.165) is 36.2 Å². The maximum atomic E-state index is 5.75.